The standard InChI is InChI=1S/C23H24N4O2/c1-26(18-7-3-2-4-8-18)19-11-12-21(24-17-19)23(28)25-20-9-5-6-10-22(20)27-13-15-29-16-14-27/h2-12,17H,13-16H2,1H3,(H,25,28). The smallest absolute Gasteiger partial charge is 0.274 e. The molecular weight excluding hydrogens is 364 g/mol. The Bertz CT molecular complexity index is 954. The van der Waals surface area contributed by atoms with Crippen LogP contribution in [0.2, 0.25) is 0 Å². The van der Waals surface area contributed by atoms with E-state index in [1.165, 1.54) is 0 Å². The number of pyridine rings is 1. The number of ether oxygens (including phenoxy) is 1. The van der Waals surface area contributed by atoms with E-state index in [-0.39, 0.29) is 5.91 Å². The van der Waals surface area contributed by atoms with Crippen molar-refractivity contribution in [2.24, 2.45) is 0 Å². The third kappa shape index (κ3) is 4.38. The molecule has 0 aliphatic carbocycles. The number of nitrogens with one attached hydrogen (secondary N) is 1. The molecule has 1 saturated heterocycles. The van der Waals surface area contributed by atoms with Gasteiger partial charge in [0.15, 0.2) is 0 Å². The average Bonchev–Trinajstić information content (AvgIpc) is 2.80. The predicted octanol–water partition coefficient (Wildman–Crippen LogP) is 3.94. The van der Waals surface area contributed by atoms with E-state index >= 15 is 0 Å². The fourth-order valence-electron chi connectivity index (χ4n) is 3.37. The fraction of sp³-hybridized carbons (Fsp3) is 0.217. The van der Waals surface area contributed by atoms with Gasteiger partial charge in [-0.05, 0) is 36.4 Å². The highest BCUT2D eigenvalue weighted by atomic mass is 16.5. The van der Waals surface area contributed by atoms with E-state index < -0.39 is 0 Å². The van der Waals surface area contributed by atoms with Crippen LogP contribution in [0.25, 0.3) is 0 Å². The van der Waals surface area contributed by atoms with Crippen LogP contribution < -0.4 is 15.1 Å². The molecule has 1 aromatic heterocycles. The summed E-state index contributed by atoms with van der Waals surface area (Å²) in [5.41, 5.74) is 4.15. The van der Waals surface area contributed by atoms with Crippen molar-refractivity contribution in [1.82, 2.24) is 4.98 Å². The minimum Gasteiger partial charge on any atom is -0.378 e. The lowest BCUT2D eigenvalue weighted by molar-refractivity contribution is 0.102. The summed E-state index contributed by atoms with van der Waals surface area (Å²) in [6.45, 7) is 3.01. The lowest BCUT2D eigenvalue weighted by atomic mass is 10.2. The Hall–Kier alpha value is -3.38. The highest BCUT2D eigenvalue weighted by Crippen LogP contribution is 2.27. The highest BCUT2D eigenvalue weighted by molar-refractivity contribution is 6.04. The average molecular weight is 388 g/mol. The van der Waals surface area contributed by atoms with Crippen LogP contribution in [0.15, 0.2) is 72.9 Å². The molecular formula is C23H24N4O2. The fourth-order valence-corrected chi connectivity index (χ4v) is 3.37. The van der Waals surface area contributed by atoms with Crippen molar-refractivity contribution in [3.8, 4) is 0 Å². The number of carbonyl (C=O) groups excluding carboxylic acids is 1. The summed E-state index contributed by atoms with van der Waals surface area (Å²) < 4.78 is 5.43. The minimum absolute atomic E-state index is 0.223. The van der Waals surface area contributed by atoms with Crippen LogP contribution in [0.5, 0.6) is 0 Å². The molecule has 29 heavy (non-hydrogen) atoms. The number of anilines is 4. The van der Waals surface area contributed by atoms with Crippen molar-refractivity contribution >= 4 is 28.7 Å². The number of para-hydroxylation sites is 3. The third-order valence-corrected chi connectivity index (χ3v) is 5.02. The first kappa shape index (κ1) is 19.0. The quantitative estimate of drug-likeness (QED) is 0.718. The second kappa shape index (κ2) is 8.75. The number of rotatable bonds is 5. The van der Waals surface area contributed by atoms with E-state index in [2.05, 4.69) is 15.2 Å². The zero-order valence-electron chi connectivity index (χ0n) is 16.4. The van der Waals surface area contributed by atoms with Crippen molar-refractivity contribution in [3.63, 3.8) is 0 Å². The number of morpholine rings is 1. The second-order valence-electron chi connectivity index (χ2n) is 6.87. The molecule has 0 spiro atoms. The summed E-state index contributed by atoms with van der Waals surface area (Å²) in [5.74, 6) is -0.223. The molecule has 3 aromatic rings. The van der Waals surface area contributed by atoms with Crippen LogP contribution >= 0.6 is 0 Å². The summed E-state index contributed by atoms with van der Waals surface area (Å²) in [7, 11) is 1.98. The Morgan fingerprint density at radius 2 is 1.69 bits per heavy atom. The SMILES string of the molecule is CN(c1ccccc1)c1ccc(C(=O)Nc2ccccc2N2CCOCC2)nc1. The van der Waals surface area contributed by atoms with E-state index in [0.29, 0.717) is 18.9 Å². The van der Waals surface area contributed by atoms with Crippen LogP contribution in [0.3, 0.4) is 0 Å². The zero-order chi connectivity index (χ0) is 20.1. The topological polar surface area (TPSA) is 57.7 Å². The summed E-state index contributed by atoms with van der Waals surface area (Å²) in [5, 5.41) is 3.01. The first-order chi connectivity index (χ1) is 14.2. The largest absolute Gasteiger partial charge is 0.378 e. The monoisotopic (exact) mass is 388 g/mol. The van der Waals surface area contributed by atoms with Gasteiger partial charge in [-0.1, -0.05) is 30.3 Å². The van der Waals surface area contributed by atoms with Crippen molar-refractivity contribution in [2.45, 2.75) is 0 Å². The Kier molecular flexibility index (Phi) is 5.72. The number of amides is 1. The van der Waals surface area contributed by atoms with Crippen LogP contribution in [0, 0.1) is 0 Å². The van der Waals surface area contributed by atoms with Crippen molar-refractivity contribution in [1.29, 1.82) is 0 Å². The Balaban J connectivity index is 1.48. The molecule has 1 aliphatic rings. The van der Waals surface area contributed by atoms with Gasteiger partial charge >= 0.3 is 0 Å². The van der Waals surface area contributed by atoms with Gasteiger partial charge in [0.05, 0.1) is 36.5 Å². The lowest BCUT2D eigenvalue weighted by Gasteiger charge is -2.30. The Morgan fingerprint density at radius 3 is 2.41 bits per heavy atom. The Labute approximate surface area is 170 Å². The van der Waals surface area contributed by atoms with Gasteiger partial charge in [-0.3, -0.25) is 4.79 Å². The maximum atomic E-state index is 12.8. The number of hydrogen-bond donors (Lipinski definition) is 1. The summed E-state index contributed by atoms with van der Waals surface area (Å²) in [6, 6.07) is 21.5. The summed E-state index contributed by atoms with van der Waals surface area (Å²) in [4.78, 5) is 21.4. The van der Waals surface area contributed by atoms with Gasteiger partial charge in [-0.25, -0.2) is 4.98 Å². The number of benzene rings is 2. The molecule has 148 valence electrons. The molecule has 0 bridgehead atoms. The van der Waals surface area contributed by atoms with Crippen LogP contribution in [0.4, 0.5) is 22.7 Å². The minimum atomic E-state index is -0.223. The molecule has 0 saturated carbocycles. The van der Waals surface area contributed by atoms with Gasteiger partial charge in [0.25, 0.3) is 5.91 Å². The first-order valence-electron chi connectivity index (χ1n) is 9.70. The normalized spacial score (nSPS) is 13.8. The van der Waals surface area contributed by atoms with Crippen molar-refractivity contribution in [3.05, 3.63) is 78.6 Å². The van der Waals surface area contributed by atoms with Crippen LogP contribution in [-0.2, 0) is 4.74 Å². The maximum Gasteiger partial charge on any atom is 0.274 e. The predicted molar refractivity (Wildman–Crippen MR) is 116 cm³/mol. The van der Waals surface area contributed by atoms with E-state index in [9.17, 15) is 4.79 Å². The molecule has 0 radical (unpaired) electrons. The number of nitrogens with zero attached hydrogens (tertiary/aromatic N) is 3. The molecule has 4 rings (SSSR count). The molecule has 6 nitrogen and oxygen atoms in total. The van der Waals surface area contributed by atoms with E-state index in [1.807, 2.05) is 72.6 Å². The molecule has 6 heteroatoms. The molecule has 1 aliphatic heterocycles. The molecule has 2 aromatic carbocycles. The van der Waals surface area contributed by atoms with Crippen molar-refractivity contribution in [2.75, 3.05) is 48.5 Å². The van der Waals surface area contributed by atoms with Crippen molar-refractivity contribution < 1.29 is 9.53 Å². The van der Waals surface area contributed by atoms with Gasteiger partial charge in [0.1, 0.15) is 5.69 Å². The van der Waals surface area contributed by atoms with Gasteiger partial charge < -0.3 is 19.9 Å². The molecule has 0 unspecified atom stereocenters. The van der Waals surface area contributed by atoms with Gasteiger partial charge in [-0.15, -0.1) is 0 Å². The third-order valence-electron chi connectivity index (χ3n) is 5.02. The van der Waals surface area contributed by atoms with Crippen LogP contribution in [0.1, 0.15) is 10.5 Å². The summed E-state index contributed by atoms with van der Waals surface area (Å²) in [6.07, 6.45) is 1.72. The molecule has 1 N–H and O–H groups in total. The van der Waals surface area contributed by atoms with Gasteiger partial charge in [0, 0.05) is 25.8 Å². The lowest BCUT2D eigenvalue weighted by Crippen LogP contribution is -2.36. The molecule has 0 atom stereocenters. The highest BCUT2D eigenvalue weighted by Gasteiger charge is 2.17. The number of carbonyl (C=O) groups is 1. The number of hydrogen-bond acceptors (Lipinski definition) is 5. The maximum absolute atomic E-state index is 12.8. The Morgan fingerprint density at radius 1 is 0.966 bits per heavy atom. The van der Waals surface area contributed by atoms with E-state index in [0.717, 1.165) is 35.8 Å². The van der Waals surface area contributed by atoms with E-state index in [4.69, 9.17) is 4.74 Å². The van der Waals surface area contributed by atoms with E-state index in [1.54, 1.807) is 12.3 Å². The van der Waals surface area contributed by atoms with Gasteiger partial charge in [-0.2, -0.15) is 0 Å². The zero-order valence-corrected chi connectivity index (χ0v) is 16.4. The molecule has 1 fully saturated rings. The molecule has 2 heterocycles. The molecule has 1 amide bonds. The van der Waals surface area contributed by atoms with Gasteiger partial charge in [0.2, 0.25) is 0 Å². The van der Waals surface area contributed by atoms with Crippen LogP contribution in [-0.4, -0.2) is 44.2 Å². The first-order valence-corrected chi connectivity index (χ1v) is 9.70. The number of aromatic nitrogens is 1. The summed E-state index contributed by atoms with van der Waals surface area (Å²) >= 11 is 0. The second-order valence-corrected chi connectivity index (χ2v) is 6.87.